The highest BCUT2D eigenvalue weighted by Crippen LogP contribution is 2.26. The third kappa shape index (κ3) is 2.86. The molecule has 0 aliphatic carbocycles. The summed E-state index contributed by atoms with van der Waals surface area (Å²) in [6, 6.07) is 8.00. The summed E-state index contributed by atoms with van der Waals surface area (Å²) in [5.74, 6) is -1.44. The molecule has 1 N–H and O–H groups in total. The van der Waals surface area contributed by atoms with Gasteiger partial charge in [-0.05, 0) is 47.9 Å². The average Bonchev–Trinajstić information content (AvgIpc) is 2.25. The van der Waals surface area contributed by atoms with Crippen molar-refractivity contribution < 1.29 is 13.9 Å². The molecule has 0 fully saturated rings. The van der Waals surface area contributed by atoms with Crippen LogP contribution in [0, 0.1) is 18.6 Å². The summed E-state index contributed by atoms with van der Waals surface area (Å²) < 4.78 is 26.2. The average molecular weight is 269 g/mol. The van der Waals surface area contributed by atoms with Crippen molar-refractivity contribution in [3.63, 3.8) is 0 Å². The van der Waals surface area contributed by atoms with E-state index in [-0.39, 0.29) is 5.56 Å². The molecule has 1 atom stereocenters. The molecule has 0 amide bonds. The Morgan fingerprint density at radius 1 is 0.944 bits per heavy atom. The van der Waals surface area contributed by atoms with Gasteiger partial charge in [0.25, 0.3) is 0 Å². The van der Waals surface area contributed by atoms with Crippen LogP contribution in [0.5, 0.6) is 0 Å². The molecule has 0 bridgehead atoms. The van der Waals surface area contributed by atoms with E-state index in [0.717, 1.165) is 23.8 Å². The SMILES string of the molecule is Cc1cc(Cl)cc(C(O)c2cc(F)cc(F)c2)c1. The van der Waals surface area contributed by atoms with Gasteiger partial charge in [0.05, 0.1) is 0 Å². The number of aliphatic hydroxyl groups excluding tert-OH is 1. The normalized spacial score (nSPS) is 12.5. The van der Waals surface area contributed by atoms with Crippen molar-refractivity contribution in [2.75, 3.05) is 0 Å². The summed E-state index contributed by atoms with van der Waals surface area (Å²) in [5.41, 5.74) is 1.53. The first-order valence-electron chi connectivity index (χ1n) is 5.37. The topological polar surface area (TPSA) is 20.2 Å². The van der Waals surface area contributed by atoms with E-state index in [1.165, 1.54) is 0 Å². The maximum absolute atomic E-state index is 13.1. The van der Waals surface area contributed by atoms with Crippen LogP contribution >= 0.6 is 11.6 Å². The highest BCUT2D eigenvalue weighted by molar-refractivity contribution is 6.30. The van der Waals surface area contributed by atoms with Crippen LogP contribution in [0.3, 0.4) is 0 Å². The molecule has 0 heterocycles. The van der Waals surface area contributed by atoms with Gasteiger partial charge in [-0.3, -0.25) is 0 Å². The van der Waals surface area contributed by atoms with Crippen LogP contribution in [0.15, 0.2) is 36.4 Å². The molecule has 0 aliphatic heterocycles. The summed E-state index contributed by atoms with van der Waals surface area (Å²) in [4.78, 5) is 0. The zero-order chi connectivity index (χ0) is 13.3. The number of halogens is 3. The lowest BCUT2D eigenvalue weighted by Gasteiger charge is -2.13. The van der Waals surface area contributed by atoms with Gasteiger partial charge in [0.1, 0.15) is 17.7 Å². The van der Waals surface area contributed by atoms with E-state index in [4.69, 9.17) is 11.6 Å². The Labute approximate surface area is 109 Å². The molecular weight excluding hydrogens is 258 g/mol. The second kappa shape index (κ2) is 5.04. The largest absolute Gasteiger partial charge is 0.384 e. The quantitative estimate of drug-likeness (QED) is 0.873. The number of rotatable bonds is 2. The lowest BCUT2D eigenvalue weighted by molar-refractivity contribution is 0.219. The van der Waals surface area contributed by atoms with Gasteiger partial charge in [-0.15, -0.1) is 0 Å². The minimum atomic E-state index is -1.10. The van der Waals surface area contributed by atoms with Crippen LogP contribution in [-0.4, -0.2) is 5.11 Å². The number of aryl methyl sites for hydroxylation is 1. The predicted molar refractivity (Wildman–Crippen MR) is 66.6 cm³/mol. The Morgan fingerprint density at radius 2 is 1.50 bits per heavy atom. The molecule has 2 aromatic rings. The third-order valence-corrected chi connectivity index (χ3v) is 2.80. The lowest BCUT2D eigenvalue weighted by atomic mass is 10.00. The zero-order valence-electron chi connectivity index (χ0n) is 9.62. The second-order valence-electron chi connectivity index (χ2n) is 4.17. The zero-order valence-corrected chi connectivity index (χ0v) is 10.4. The van der Waals surface area contributed by atoms with Gasteiger partial charge in [-0.1, -0.05) is 17.7 Å². The van der Waals surface area contributed by atoms with Crippen LogP contribution in [0.4, 0.5) is 8.78 Å². The maximum atomic E-state index is 13.1. The van der Waals surface area contributed by atoms with Crippen molar-refractivity contribution in [3.05, 3.63) is 69.7 Å². The minimum absolute atomic E-state index is 0.161. The lowest BCUT2D eigenvalue weighted by Crippen LogP contribution is -2.01. The molecule has 0 spiro atoms. The Hall–Kier alpha value is -1.45. The van der Waals surface area contributed by atoms with Gasteiger partial charge < -0.3 is 5.11 Å². The van der Waals surface area contributed by atoms with E-state index in [9.17, 15) is 13.9 Å². The summed E-state index contributed by atoms with van der Waals surface area (Å²) in [7, 11) is 0. The number of benzene rings is 2. The molecule has 18 heavy (non-hydrogen) atoms. The number of aliphatic hydroxyl groups is 1. The maximum Gasteiger partial charge on any atom is 0.126 e. The molecule has 0 aliphatic rings. The van der Waals surface area contributed by atoms with Crippen LogP contribution < -0.4 is 0 Å². The standard InChI is InChI=1S/C14H11ClF2O/c1-8-2-9(4-11(15)3-8)14(18)10-5-12(16)7-13(17)6-10/h2-7,14,18H,1H3. The highest BCUT2D eigenvalue weighted by Gasteiger charge is 2.13. The van der Waals surface area contributed by atoms with Crippen LogP contribution in [0.25, 0.3) is 0 Å². The number of hydrogen-bond acceptors (Lipinski definition) is 1. The molecule has 0 saturated heterocycles. The van der Waals surface area contributed by atoms with Crippen molar-refractivity contribution >= 4 is 11.6 Å². The van der Waals surface area contributed by atoms with Gasteiger partial charge in [0.2, 0.25) is 0 Å². The third-order valence-electron chi connectivity index (χ3n) is 2.58. The van der Waals surface area contributed by atoms with Crippen LogP contribution in [-0.2, 0) is 0 Å². The molecule has 4 heteroatoms. The Balaban J connectivity index is 2.43. The van der Waals surface area contributed by atoms with Gasteiger partial charge >= 0.3 is 0 Å². The second-order valence-corrected chi connectivity index (χ2v) is 4.60. The number of hydrogen-bond donors (Lipinski definition) is 1. The Morgan fingerprint density at radius 3 is 2.06 bits per heavy atom. The Bertz CT molecular complexity index is 492. The summed E-state index contributed by atoms with van der Waals surface area (Å²) in [5, 5.41) is 10.6. The highest BCUT2D eigenvalue weighted by atomic mass is 35.5. The van der Waals surface area contributed by atoms with E-state index >= 15 is 0 Å². The molecule has 0 radical (unpaired) electrons. The summed E-state index contributed by atoms with van der Waals surface area (Å²) in [6.45, 7) is 1.83. The Kier molecular flexibility index (Phi) is 3.64. The molecule has 94 valence electrons. The fourth-order valence-electron chi connectivity index (χ4n) is 1.85. The van der Waals surface area contributed by atoms with E-state index in [2.05, 4.69) is 0 Å². The smallest absolute Gasteiger partial charge is 0.126 e. The first kappa shape index (κ1) is 13.0. The van der Waals surface area contributed by atoms with Crippen molar-refractivity contribution in [1.29, 1.82) is 0 Å². The summed E-state index contributed by atoms with van der Waals surface area (Å²) in [6.07, 6.45) is -1.10. The molecular formula is C14H11ClF2O. The van der Waals surface area contributed by atoms with E-state index in [0.29, 0.717) is 10.6 Å². The van der Waals surface area contributed by atoms with E-state index in [1.54, 1.807) is 18.2 Å². The van der Waals surface area contributed by atoms with Crippen molar-refractivity contribution in [3.8, 4) is 0 Å². The molecule has 2 rings (SSSR count). The van der Waals surface area contributed by atoms with Gasteiger partial charge in [0, 0.05) is 11.1 Å². The van der Waals surface area contributed by atoms with Crippen LogP contribution in [0.1, 0.15) is 22.8 Å². The minimum Gasteiger partial charge on any atom is -0.384 e. The van der Waals surface area contributed by atoms with Gasteiger partial charge in [-0.2, -0.15) is 0 Å². The van der Waals surface area contributed by atoms with Gasteiger partial charge in [-0.25, -0.2) is 8.78 Å². The van der Waals surface area contributed by atoms with Crippen molar-refractivity contribution in [2.24, 2.45) is 0 Å². The molecule has 2 aromatic carbocycles. The summed E-state index contributed by atoms with van der Waals surface area (Å²) >= 11 is 5.88. The van der Waals surface area contributed by atoms with E-state index < -0.39 is 17.7 Å². The molecule has 1 nitrogen and oxygen atoms in total. The fraction of sp³-hybridized carbons (Fsp3) is 0.143. The molecule has 0 aromatic heterocycles. The predicted octanol–water partition coefficient (Wildman–Crippen LogP) is 4.01. The first-order chi connectivity index (χ1) is 8.45. The van der Waals surface area contributed by atoms with E-state index in [1.807, 2.05) is 6.92 Å². The van der Waals surface area contributed by atoms with Crippen LogP contribution in [0.2, 0.25) is 5.02 Å². The fourth-order valence-corrected chi connectivity index (χ4v) is 2.15. The van der Waals surface area contributed by atoms with Crippen molar-refractivity contribution in [1.82, 2.24) is 0 Å². The molecule has 0 saturated carbocycles. The first-order valence-corrected chi connectivity index (χ1v) is 5.74. The molecule has 1 unspecified atom stereocenters. The van der Waals surface area contributed by atoms with Gasteiger partial charge in [0.15, 0.2) is 0 Å². The van der Waals surface area contributed by atoms with Crippen molar-refractivity contribution in [2.45, 2.75) is 13.0 Å². The monoisotopic (exact) mass is 268 g/mol.